The van der Waals surface area contributed by atoms with Crippen molar-refractivity contribution in [1.82, 2.24) is 15.3 Å². The molecule has 1 saturated heterocycles. The van der Waals surface area contributed by atoms with Gasteiger partial charge >= 0.3 is 0 Å². The number of carbonyl (C=O) groups excluding carboxylic acids is 1. The van der Waals surface area contributed by atoms with Crippen molar-refractivity contribution in [3.63, 3.8) is 0 Å². The third-order valence-electron chi connectivity index (χ3n) is 5.12. The highest BCUT2D eigenvalue weighted by atomic mass is 32.1. The van der Waals surface area contributed by atoms with Gasteiger partial charge in [-0.25, -0.2) is 0 Å². The zero-order valence-corrected chi connectivity index (χ0v) is 17.2. The van der Waals surface area contributed by atoms with Crippen molar-refractivity contribution in [2.45, 2.75) is 32.4 Å². The molecule has 0 saturated carbocycles. The molecule has 0 radical (unpaired) electrons. The van der Waals surface area contributed by atoms with Crippen LogP contribution in [-0.2, 0) is 4.79 Å². The fraction of sp³-hybridized carbons (Fsp3) is 0.227. The maximum absolute atomic E-state index is 11.8. The zero-order chi connectivity index (χ0) is 20.4. The topological polar surface area (TPSA) is 73.1 Å². The van der Waals surface area contributed by atoms with Gasteiger partial charge in [0.1, 0.15) is 6.04 Å². The Bertz CT molecular complexity index is 1020. The quantitative estimate of drug-likeness (QED) is 0.554. The number of thiocarbonyl (C=S) groups is 1. The number of aromatic amines is 1. The van der Waals surface area contributed by atoms with E-state index < -0.39 is 0 Å². The number of anilines is 2. The Balaban J connectivity index is 1.73. The molecule has 0 aliphatic carbocycles. The molecule has 2 atom stereocenters. The summed E-state index contributed by atoms with van der Waals surface area (Å²) < 4.78 is 0. The van der Waals surface area contributed by atoms with E-state index >= 15 is 0 Å². The van der Waals surface area contributed by atoms with Gasteiger partial charge in [-0.2, -0.15) is 0 Å². The molecule has 1 amide bonds. The second kappa shape index (κ2) is 8.05. The number of hydrogen-bond donors (Lipinski definition) is 3. The van der Waals surface area contributed by atoms with Crippen LogP contribution in [0.2, 0.25) is 0 Å². The molecule has 6 nitrogen and oxygen atoms in total. The minimum absolute atomic E-state index is 0.00121. The van der Waals surface area contributed by atoms with Crippen molar-refractivity contribution in [3.8, 4) is 0 Å². The number of aromatic nitrogens is 2. The van der Waals surface area contributed by atoms with Gasteiger partial charge in [0.15, 0.2) is 5.11 Å². The molecule has 0 spiro atoms. The third kappa shape index (κ3) is 3.73. The predicted octanol–water partition coefficient (Wildman–Crippen LogP) is 4.24. The normalized spacial score (nSPS) is 18.6. The summed E-state index contributed by atoms with van der Waals surface area (Å²) in [6.45, 7) is 3.83. The smallest absolute Gasteiger partial charge is 0.224 e. The first-order valence-corrected chi connectivity index (χ1v) is 10.0. The number of amides is 1. The Morgan fingerprint density at radius 1 is 1.24 bits per heavy atom. The van der Waals surface area contributed by atoms with E-state index in [4.69, 9.17) is 12.2 Å². The van der Waals surface area contributed by atoms with Crippen molar-refractivity contribution in [2.24, 2.45) is 0 Å². The molecule has 7 heteroatoms. The average Bonchev–Trinajstić information content (AvgIpc) is 3.37. The molecule has 2 aromatic heterocycles. The van der Waals surface area contributed by atoms with Gasteiger partial charge in [-0.05, 0) is 67.2 Å². The van der Waals surface area contributed by atoms with Crippen molar-refractivity contribution in [3.05, 3.63) is 77.9 Å². The van der Waals surface area contributed by atoms with Crippen LogP contribution in [0, 0.1) is 6.92 Å². The largest absolute Gasteiger partial charge is 0.363 e. The highest BCUT2D eigenvalue weighted by Gasteiger charge is 2.41. The van der Waals surface area contributed by atoms with Crippen LogP contribution in [0.4, 0.5) is 11.4 Å². The lowest BCUT2D eigenvalue weighted by Gasteiger charge is -2.27. The SMILES string of the molecule is CCC(=O)Nc1ccc(N2C(=S)N[C@H](c3ccccn3)[C@H]2c2ccc[nH]2)cc1C. The molecule has 1 aliphatic rings. The summed E-state index contributed by atoms with van der Waals surface area (Å²) in [5.41, 5.74) is 4.75. The van der Waals surface area contributed by atoms with Crippen LogP contribution in [-0.4, -0.2) is 21.0 Å². The van der Waals surface area contributed by atoms with Crippen LogP contribution in [0.15, 0.2) is 60.9 Å². The highest BCUT2D eigenvalue weighted by molar-refractivity contribution is 7.80. The van der Waals surface area contributed by atoms with E-state index in [2.05, 4.69) is 37.6 Å². The van der Waals surface area contributed by atoms with Gasteiger partial charge in [0, 0.05) is 35.9 Å². The lowest BCUT2D eigenvalue weighted by atomic mass is 10.0. The first-order valence-electron chi connectivity index (χ1n) is 9.63. The van der Waals surface area contributed by atoms with E-state index in [0.717, 1.165) is 28.3 Å². The minimum atomic E-state index is -0.0814. The van der Waals surface area contributed by atoms with E-state index in [9.17, 15) is 4.79 Å². The van der Waals surface area contributed by atoms with Gasteiger partial charge in [0.2, 0.25) is 5.91 Å². The Morgan fingerprint density at radius 3 is 2.76 bits per heavy atom. The molecule has 1 fully saturated rings. The van der Waals surface area contributed by atoms with Gasteiger partial charge < -0.3 is 20.5 Å². The fourth-order valence-corrected chi connectivity index (χ4v) is 4.00. The van der Waals surface area contributed by atoms with E-state index in [-0.39, 0.29) is 18.0 Å². The van der Waals surface area contributed by atoms with Gasteiger partial charge in [0.25, 0.3) is 0 Å². The molecule has 0 unspecified atom stereocenters. The lowest BCUT2D eigenvalue weighted by Crippen LogP contribution is -2.29. The van der Waals surface area contributed by atoms with E-state index in [1.54, 1.807) is 6.20 Å². The van der Waals surface area contributed by atoms with Crippen molar-refractivity contribution < 1.29 is 4.79 Å². The monoisotopic (exact) mass is 405 g/mol. The van der Waals surface area contributed by atoms with E-state index in [0.29, 0.717) is 11.5 Å². The number of benzene rings is 1. The molecule has 3 aromatic rings. The first kappa shape index (κ1) is 19.1. The molecule has 1 aliphatic heterocycles. The molecule has 1 aromatic carbocycles. The lowest BCUT2D eigenvalue weighted by molar-refractivity contribution is -0.115. The Morgan fingerprint density at radius 2 is 2.10 bits per heavy atom. The number of pyridine rings is 1. The summed E-state index contributed by atoms with van der Waals surface area (Å²) in [4.78, 5) is 21.8. The molecular formula is C22H23N5OS. The summed E-state index contributed by atoms with van der Waals surface area (Å²) in [6, 6.07) is 15.8. The second-order valence-corrected chi connectivity index (χ2v) is 7.41. The maximum atomic E-state index is 11.8. The molecule has 4 rings (SSSR count). The Labute approximate surface area is 175 Å². The van der Waals surface area contributed by atoms with E-state index in [1.807, 2.05) is 56.4 Å². The van der Waals surface area contributed by atoms with Gasteiger partial charge in [-0.15, -0.1) is 0 Å². The molecule has 0 bridgehead atoms. The van der Waals surface area contributed by atoms with Gasteiger partial charge in [0.05, 0.1) is 11.7 Å². The third-order valence-corrected chi connectivity index (χ3v) is 5.44. The van der Waals surface area contributed by atoms with Crippen molar-refractivity contribution in [1.29, 1.82) is 0 Å². The van der Waals surface area contributed by atoms with Crippen molar-refractivity contribution in [2.75, 3.05) is 10.2 Å². The van der Waals surface area contributed by atoms with Crippen LogP contribution in [0.5, 0.6) is 0 Å². The number of aryl methyl sites for hydroxylation is 1. The second-order valence-electron chi connectivity index (χ2n) is 7.02. The number of rotatable bonds is 5. The van der Waals surface area contributed by atoms with Gasteiger partial charge in [-0.3, -0.25) is 9.78 Å². The first-order chi connectivity index (χ1) is 14.1. The summed E-state index contributed by atoms with van der Waals surface area (Å²) in [5.74, 6) is -0.00121. The summed E-state index contributed by atoms with van der Waals surface area (Å²) in [6.07, 6.45) is 4.16. The number of H-pyrrole nitrogens is 1. The molecule has 3 heterocycles. The molecule has 148 valence electrons. The predicted molar refractivity (Wildman–Crippen MR) is 119 cm³/mol. The molecule has 3 N–H and O–H groups in total. The molecule has 29 heavy (non-hydrogen) atoms. The van der Waals surface area contributed by atoms with Crippen LogP contribution < -0.4 is 15.5 Å². The zero-order valence-electron chi connectivity index (χ0n) is 16.3. The van der Waals surface area contributed by atoms with Gasteiger partial charge in [-0.1, -0.05) is 13.0 Å². The standard InChI is InChI=1S/C22H23N5OS/c1-3-19(28)25-16-10-9-15(13-14(16)2)27-21(18-8-6-12-24-18)20(26-22(27)29)17-7-4-5-11-23-17/h4-13,20-21,24H,3H2,1-2H3,(H,25,28)(H,26,29)/t20-,21-/m1/s1. The molecular weight excluding hydrogens is 382 g/mol. The van der Waals surface area contributed by atoms with Crippen LogP contribution in [0.25, 0.3) is 0 Å². The Kier molecular flexibility index (Phi) is 5.31. The van der Waals surface area contributed by atoms with Crippen molar-refractivity contribution >= 4 is 34.6 Å². The number of nitrogens with one attached hydrogen (secondary N) is 3. The Hall–Kier alpha value is -3.19. The number of carbonyl (C=O) groups is 1. The summed E-state index contributed by atoms with van der Waals surface area (Å²) >= 11 is 5.72. The van der Waals surface area contributed by atoms with Crippen LogP contribution in [0.1, 0.15) is 42.4 Å². The van der Waals surface area contributed by atoms with Crippen LogP contribution >= 0.6 is 12.2 Å². The number of nitrogens with zero attached hydrogens (tertiary/aromatic N) is 2. The number of hydrogen-bond acceptors (Lipinski definition) is 3. The summed E-state index contributed by atoms with van der Waals surface area (Å²) in [7, 11) is 0. The summed E-state index contributed by atoms with van der Waals surface area (Å²) in [5, 5.41) is 7.02. The average molecular weight is 406 g/mol. The van der Waals surface area contributed by atoms with E-state index in [1.165, 1.54) is 0 Å². The van der Waals surface area contributed by atoms with Crippen LogP contribution in [0.3, 0.4) is 0 Å². The maximum Gasteiger partial charge on any atom is 0.224 e. The highest BCUT2D eigenvalue weighted by Crippen LogP contribution is 2.41. The fourth-order valence-electron chi connectivity index (χ4n) is 3.65. The minimum Gasteiger partial charge on any atom is -0.363 e.